The van der Waals surface area contributed by atoms with Crippen molar-refractivity contribution < 1.29 is 14.4 Å². The van der Waals surface area contributed by atoms with Crippen LogP contribution in [-0.2, 0) is 19.9 Å². The van der Waals surface area contributed by atoms with Crippen molar-refractivity contribution in [2.24, 2.45) is 17.8 Å². The van der Waals surface area contributed by atoms with E-state index in [2.05, 4.69) is 17.2 Å². The average Bonchev–Trinajstić information content (AvgIpc) is 3.16. The second kappa shape index (κ2) is 5.26. The summed E-state index contributed by atoms with van der Waals surface area (Å²) >= 11 is 0. The molecular formula is C19H21N3O3. The second-order valence-corrected chi connectivity index (χ2v) is 7.30. The van der Waals surface area contributed by atoms with Crippen molar-refractivity contribution >= 4 is 23.4 Å². The molecule has 2 fully saturated rings. The van der Waals surface area contributed by atoms with E-state index in [0.717, 1.165) is 5.56 Å². The van der Waals surface area contributed by atoms with Crippen LogP contribution in [0.3, 0.4) is 0 Å². The van der Waals surface area contributed by atoms with Gasteiger partial charge in [0.25, 0.3) is 0 Å². The SMILES string of the molecule is C=CCN1C(=O)[C@H]2[C@@H](C1=O)[C@]1(N[C@H]2C(C)C)C(=O)Nc2ccccc21. The lowest BCUT2D eigenvalue weighted by Crippen LogP contribution is -2.54. The van der Waals surface area contributed by atoms with Gasteiger partial charge in [0.2, 0.25) is 17.7 Å². The number of amides is 3. The molecule has 2 saturated heterocycles. The first-order chi connectivity index (χ1) is 11.9. The molecule has 0 unspecified atom stereocenters. The third kappa shape index (κ3) is 1.86. The van der Waals surface area contributed by atoms with Crippen molar-refractivity contribution in [2.45, 2.75) is 25.4 Å². The molecule has 3 aliphatic heterocycles. The van der Waals surface area contributed by atoms with Crippen LogP contribution in [0.15, 0.2) is 36.9 Å². The molecule has 1 spiro atoms. The zero-order valence-electron chi connectivity index (χ0n) is 14.3. The van der Waals surface area contributed by atoms with Gasteiger partial charge < -0.3 is 5.32 Å². The maximum absolute atomic E-state index is 13.1. The van der Waals surface area contributed by atoms with Crippen LogP contribution in [0.5, 0.6) is 0 Å². The van der Waals surface area contributed by atoms with Gasteiger partial charge in [-0.15, -0.1) is 6.58 Å². The maximum Gasteiger partial charge on any atom is 0.250 e. The molecule has 3 heterocycles. The summed E-state index contributed by atoms with van der Waals surface area (Å²) < 4.78 is 0. The Morgan fingerprint density at radius 1 is 1.24 bits per heavy atom. The number of nitrogens with one attached hydrogen (secondary N) is 2. The number of rotatable bonds is 3. The van der Waals surface area contributed by atoms with E-state index in [1.807, 2.05) is 38.1 Å². The predicted octanol–water partition coefficient (Wildman–Crippen LogP) is 1.25. The number of carbonyl (C=O) groups excluding carboxylic acids is 3. The number of fused-ring (bicyclic) bond motifs is 4. The average molecular weight is 339 g/mol. The minimum absolute atomic E-state index is 0.105. The van der Waals surface area contributed by atoms with E-state index in [0.29, 0.717) is 5.69 Å². The molecule has 2 N–H and O–H groups in total. The van der Waals surface area contributed by atoms with Crippen LogP contribution in [0.1, 0.15) is 19.4 Å². The number of para-hydroxylation sites is 1. The number of hydrogen-bond donors (Lipinski definition) is 2. The summed E-state index contributed by atoms with van der Waals surface area (Å²) in [5, 5.41) is 6.27. The molecule has 4 rings (SSSR count). The van der Waals surface area contributed by atoms with Gasteiger partial charge in [0.15, 0.2) is 0 Å². The Kier molecular flexibility index (Phi) is 3.37. The minimum atomic E-state index is -1.18. The van der Waals surface area contributed by atoms with Crippen molar-refractivity contribution in [3.05, 3.63) is 42.5 Å². The fourth-order valence-electron chi connectivity index (χ4n) is 4.63. The van der Waals surface area contributed by atoms with Crippen LogP contribution in [0.4, 0.5) is 5.69 Å². The Balaban J connectivity index is 1.91. The normalized spacial score (nSPS) is 33.2. The largest absolute Gasteiger partial charge is 0.324 e. The summed E-state index contributed by atoms with van der Waals surface area (Å²) in [6.07, 6.45) is 1.55. The molecule has 1 aromatic carbocycles. The zero-order valence-corrected chi connectivity index (χ0v) is 14.3. The van der Waals surface area contributed by atoms with Gasteiger partial charge in [-0.1, -0.05) is 38.1 Å². The number of anilines is 1. The number of imide groups is 1. The van der Waals surface area contributed by atoms with Gasteiger partial charge in [0.05, 0.1) is 11.8 Å². The Hall–Kier alpha value is -2.47. The fraction of sp³-hybridized carbons (Fsp3) is 0.421. The zero-order chi connectivity index (χ0) is 17.9. The monoisotopic (exact) mass is 339 g/mol. The van der Waals surface area contributed by atoms with Crippen LogP contribution < -0.4 is 10.6 Å². The van der Waals surface area contributed by atoms with Crippen LogP contribution in [-0.4, -0.2) is 35.2 Å². The van der Waals surface area contributed by atoms with E-state index in [4.69, 9.17) is 0 Å². The molecule has 1 aromatic rings. The molecule has 130 valence electrons. The van der Waals surface area contributed by atoms with Gasteiger partial charge >= 0.3 is 0 Å². The summed E-state index contributed by atoms with van der Waals surface area (Å²) in [6.45, 7) is 7.82. The van der Waals surface area contributed by atoms with E-state index in [1.54, 1.807) is 6.08 Å². The topological polar surface area (TPSA) is 78.5 Å². The molecule has 4 atom stereocenters. The van der Waals surface area contributed by atoms with Crippen molar-refractivity contribution in [2.75, 3.05) is 11.9 Å². The smallest absolute Gasteiger partial charge is 0.250 e. The molecule has 25 heavy (non-hydrogen) atoms. The van der Waals surface area contributed by atoms with Crippen molar-refractivity contribution in [3.63, 3.8) is 0 Å². The van der Waals surface area contributed by atoms with Crippen molar-refractivity contribution in [1.29, 1.82) is 0 Å². The Morgan fingerprint density at radius 2 is 1.96 bits per heavy atom. The standard InChI is InChI=1S/C19H21N3O3/c1-4-9-22-16(23)13-14(17(22)24)19(21-15(13)10(2)3)11-7-5-6-8-12(11)20-18(19)25/h4-8,10,13-15,21H,1,9H2,2-3H3,(H,20,25)/t13-,14-,15-,19-/m0/s1. The van der Waals surface area contributed by atoms with Gasteiger partial charge in [-0.25, -0.2) is 0 Å². The molecule has 0 aromatic heterocycles. The number of hydrogen-bond acceptors (Lipinski definition) is 4. The van der Waals surface area contributed by atoms with E-state index < -0.39 is 17.4 Å². The molecule has 0 radical (unpaired) electrons. The van der Waals surface area contributed by atoms with E-state index in [1.165, 1.54) is 4.90 Å². The molecule has 0 bridgehead atoms. The van der Waals surface area contributed by atoms with Crippen molar-refractivity contribution in [3.8, 4) is 0 Å². The third-order valence-electron chi connectivity index (χ3n) is 5.68. The number of nitrogens with zero attached hydrogens (tertiary/aromatic N) is 1. The molecule has 0 aliphatic carbocycles. The number of likely N-dealkylation sites (tertiary alicyclic amines) is 1. The Bertz CT molecular complexity index is 803. The van der Waals surface area contributed by atoms with Gasteiger partial charge in [-0.05, 0) is 12.0 Å². The lowest BCUT2D eigenvalue weighted by molar-refractivity contribution is -0.142. The van der Waals surface area contributed by atoms with Gasteiger partial charge in [-0.2, -0.15) is 0 Å². The lowest BCUT2D eigenvalue weighted by atomic mass is 9.76. The molecule has 0 saturated carbocycles. The highest BCUT2D eigenvalue weighted by molar-refractivity contribution is 6.15. The van der Waals surface area contributed by atoms with Crippen LogP contribution in [0, 0.1) is 17.8 Å². The van der Waals surface area contributed by atoms with E-state index >= 15 is 0 Å². The Labute approximate surface area is 146 Å². The number of carbonyl (C=O) groups is 3. The quantitative estimate of drug-likeness (QED) is 0.642. The van der Waals surface area contributed by atoms with Crippen molar-refractivity contribution in [1.82, 2.24) is 10.2 Å². The molecular weight excluding hydrogens is 318 g/mol. The first-order valence-corrected chi connectivity index (χ1v) is 8.58. The minimum Gasteiger partial charge on any atom is -0.324 e. The first-order valence-electron chi connectivity index (χ1n) is 8.58. The van der Waals surface area contributed by atoms with Crippen LogP contribution >= 0.6 is 0 Å². The summed E-state index contributed by atoms with van der Waals surface area (Å²) in [7, 11) is 0. The summed E-state index contributed by atoms with van der Waals surface area (Å²) in [6, 6.07) is 7.13. The first kappa shape index (κ1) is 16.0. The molecule has 6 nitrogen and oxygen atoms in total. The fourth-order valence-corrected chi connectivity index (χ4v) is 4.63. The lowest BCUT2D eigenvalue weighted by Gasteiger charge is -2.30. The maximum atomic E-state index is 13.1. The second-order valence-electron chi connectivity index (χ2n) is 7.30. The van der Waals surface area contributed by atoms with Crippen LogP contribution in [0.25, 0.3) is 0 Å². The highest BCUT2D eigenvalue weighted by atomic mass is 16.2. The van der Waals surface area contributed by atoms with E-state index in [9.17, 15) is 14.4 Å². The number of benzene rings is 1. The highest BCUT2D eigenvalue weighted by Crippen LogP contribution is 2.53. The molecule has 3 aliphatic rings. The van der Waals surface area contributed by atoms with Crippen LogP contribution in [0.2, 0.25) is 0 Å². The molecule has 6 heteroatoms. The van der Waals surface area contributed by atoms with E-state index in [-0.39, 0.29) is 36.2 Å². The summed E-state index contributed by atoms with van der Waals surface area (Å²) in [5.74, 6) is -1.92. The predicted molar refractivity (Wildman–Crippen MR) is 92.4 cm³/mol. The van der Waals surface area contributed by atoms with Gasteiger partial charge in [-0.3, -0.25) is 24.6 Å². The third-order valence-corrected chi connectivity index (χ3v) is 5.68. The summed E-state index contributed by atoms with van der Waals surface area (Å²) in [4.78, 5) is 40.3. The summed E-state index contributed by atoms with van der Waals surface area (Å²) in [5.41, 5.74) is 0.268. The molecule has 3 amide bonds. The Morgan fingerprint density at radius 3 is 2.64 bits per heavy atom. The highest BCUT2D eigenvalue weighted by Gasteiger charge is 2.70. The van der Waals surface area contributed by atoms with Gasteiger partial charge in [0.1, 0.15) is 5.54 Å². The van der Waals surface area contributed by atoms with Gasteiger partial charge in [0, 0.05) is 23.8 Å².